The van der Waals surface area contributed by atoms with E-state index in [0.717, 1.165) is 31.0 Å². The molecule has 0 aliphatic carbocycles. The van der Waals surface area contributed by atoms with E-state index >= 15 is 0 Å². The molecule has 4 heterocycles. The number of nitrogens with zero attached hydrogens (tertiary/aromatic N) is 4. The largest absolute Gasteiger partial charge is 0.379 e. The van der Waals surface area contributed by atoms with Crippen molar-refractivity contribution in [3.8, 4) is 0 Å². The molecule has 1 aliphatic rings. The highest BCUT2D eigenvalue weighted by atomic mass is 32.1. The highest BCUT2D eigenvalue weighted by Gasteiger charge is 2.21. The average Bonchev–Trinajstić information content (AvgIpc) is 3.46. The lowest BCUT2D eigenvalue weighted by Gasteiger charge is -2.27. The molecule has 0 saturated carbocycles. The minimum atomic E-state index is -0.172. The third-order valence-electron chi connectivity index (χ3n) is 6.48. The number of ether oxygens (including phenoxy) is 1. The van der Waals surface area contributed by atoms with Crippen LogP contribution in [0.25, 0.3) is 10.9 Å². The summed E-state index contributed by atoms with van der Waals surface area (Å²) in [4.78, 5) is 35.2. The Morgan fingerprint density at radius 3 is 2.62 bits per heavy atom. The second kappa shape index (κ2) is 9.66. The number of benzene rings is 1. The molecule has 0 N–H and O–H groups in total. The van der Waals surface area contributed by atoms with E-state index in [-0.39, 0.29) is 17.9 Å². The summed E-state index contributed by atoms with van der Waals surface area (Å²) >= 11 is 1.70. The lowest BCUT2D eigenvalue weighted by Crippen LogP contribution is -2.38. The van der Waals surface area contributed by atoms with Crippen LogP contribution < -0.4 is 5.56 Å². The molecule has 1 aromatic carbocycles. The number of fused-ring (bicyclic) bond motifs is 1. The van der Waals surface area contributed by atoms with E-state index in [1.54, 1.807) is 22.0 Å². The highest BCUT2D eigenvalue weighted by molar-refractivity contribution is 7.09. The zero-order chi connectivity index (χ0) is 23.7. The predicted molar refractivity (Wildman–Crippen MR) is 134 cm³/mol. The van der Waals surface area contributed by atoms with Crippen LogP contribution in [0.2, 0.25) is 0 Å². The monoisotopic (exact) mass is 476 g/mol. The van der Waals surface area contributed by atoms with Crippen LogP contribution in [0.15, 0.2) is 52.6 Å². The summed E-state index contributed by atoms with van der Waals surface area (Å²) in [6.45, 7) is 8.09. The number of carbonyl (C=O) groups excluding carboxylic acids is 1. The minimum Gasteiger partial charge on any atom is -0.379 e. The highest BCUT2D eigenvalue weighted by Crippen LogP contribution is 2.21. The van der Waals surface area contributed by atoms with Gasteiger partial charge in [-0.15, -0.1) is 11.3 Å². The summed E-state index contributed by atoms with van der Waals surface area (Å²) in [5.74, 6) is 0.541. The Morgan fingerprint density at radius 2 is 1.85 bits per heavy atom. The number of hydrogen-bond acceptors (Lipinski definition) is 6. The Labute approximate surface area is 202 Å². The number of hydrogen-bond donors (Lipinski definition) is 0. The van der Waals surface area contributed by atoms with Gasteiger partial charge >= 0.3 is 0 Å². The predicted octanol–water partition coefficient (Wildman–Crippen LogP) is 3.64. The molecule has 34 heavy (non-hydrogen) atoms. The summed E-state index contributed by atoms with van der Waals surface area (Å²) in [5, 5.41) is 2.59. The fourth-order valence-corrected chi connectivity index (χ4v) is 5.26. The molecule has 1 aliphatic heterocycles. The summed E-state index contributed by atoms with van der Waals surface area (Å²) in [5.41, 5.74) is 3.11. The Morgan fingerprint density at radius 1 is 1.06 bits per heavy atom. The van der Waals surface area contributed by atoms with Gasteiger partial charge in [0.25, 0.3) is 5.56 Å². The SMILES string of the molecule is Cc1cc(C(=O)Cn2c(CN3CCOCC3)nc3ccccc3c2=O)c(C)n1Cc1cccs1. The molecule has 7 nitrogen and oxygen atoms in total. The van der Waals surface area contributed by atoms with E-state index < -0.39 is 0 Å². The summed E-state index contributed by atoms with van der Waals surface area (Å²) in [6.07, 6.45) is 0. The van der Waals surface area contributed by atoms with Crippen LogP contribution in [-0.2, 0) is 24.4 Å². The van der Waals surface area contributed by atoms with Gasteiger partial charge in [-0.3, -0.25) is 19.1 Å². The van der Waals surface area contributed by atoms with E-state index in [4.69, 9.17) is 9.72 Å². The normalized spacial score (nSPS) is 14.6. The van der Waals surface area contributed by atoms with E-state index in [2.05, 4.69) is 20.9 Å². The topological polar surface area (TPSA) is 69.4 Å². The molecule has 1 fully saturated rings. The van der Waals surface area contributed by atoms with Crippen molar-refractivity contribution in [1.29, 1.82) is 0 Å². The van der Waals surface area contributed by atoms with Gasteiger partial charge < -0.3 is 9.30 Å². The first kappa shape index (κ1) is 22.7. The van der Waals surface area contributed by atoms with Crippen LogP contribution in [-0.4, -0.2) is 51.1 Å². The van der Waals surface area contributed by atoms with Gasteiger partial charge in [-0.25, -0.2) is 4.98 Å². The number of Topliss-reactive ketones (excluding diaryl/α,β-unsaturated/α-hetero) is 1. The van der Waals surface area contributed by atoms with Crippen molar-refractivity contribution in [2.75, 3.05) is 26.3 Å². The number of rotatable bonds is 7. The zero-order valence-electron chi connectivity index (χ0n) is 19.5. The molecule has 3 aromatic heterocycles. The van der Waals surface area contributed by atoms with Crippen LogP contribution in [0.5, 0.6) is 0 Å². The third-order valence-corrected chi connectivity index (χ3v) is 7.34. The molecule has 0 atom stereocenters. The Balaban J connectivity index is 1.49. The van der Waals surface area contributed by atoms with Crippen LogP contribution in [0.4, 0.5) is 0 Å². The van der Waals surface area contributed by atoms with Gasteiger partial charge in [-0.1, -0.05) is 18.2 Å². The molecule has 0 spiro atoms. The number of thiophene rings is 1. The molecule has 4 aromatic rings. The second-order valence-electron chi connectivity index (χ2n) is 8.70. The van der Waals surface area contributed by atoms with Gasteiger partial charge in [-0.05, 0) is 43.5 Å². The quantitative estimate of drug-likeness (QED) is 0.381. The number of ketones is 1. The van der Waals surface area contributed by atoms with Crippen LogP contribution in [0.3, 0.4) is 0 Å². The molecule has 0 amide bonds. The lowest BCUT2D eigenvalue weighted by atomic mass is 10.1. The van der Waals surface area contributed by atoms with Crippen molar-refractivity contribution in [3.05, 3.63) is 85.9 Å². The van der Waals surface area contributed by atoms with E-state index in [9.17, 15) is 9.59 Å². The second-order valence-corrected chi connectivity index (χ2v) is 9.73. The Hall–Kier alpha value is -3.07. The van der Waals surface area contributed by atoms with E-state index in [1.807, 2.05) is 44.2 Å². The van der Waals surface area contributed by atoms with Gasteiger partial charge in [0.15, 0.2) is 5.78 Å². The molecule has 0 bridgehead atoms. The van der Waals surface area contributed by atoms with E-state index in [0.29, 0.717) is 42.0 Å². The van der Waals surface area contributed by atoms with Crippen molar-refractivity contribution in [2.24, 2.45) is 0 Å². The zero-order valence-corrected chi connectivity index (χ0v) is 20.3. The van der Waals surface area contributed by atoms with E-state index in [1.165, 1.54) is 4.88 Å². The first-order valence-electron chi connectivity index (χ1n) is 11.5. The number of aryl methyl sites for hydroxylation is 1. The van der Waals surface area contributed by atoms with Crippen LogP contribution >= 0.6 is 11.3 Å². The molecule has 5 rings (SSSR count). The van der Waals surface area contributed by atoms with Gasteiger partial charge in [0.2, 0.25) is 0 Å². The maximum atomic E-state index is 13.5. The van der Waals surface area contributed by atoms with Crippen LogP contribution in [0, 0.1) is 13.8 Å². The molecule has 0 unspecified atom stereocenters. The smallest absolute Gasteiger partial charge is 0.261 e. The molecular weight excluding hydrogens is 448 g/mol. The average molecular weight is 477 g/mol. The van der Waals surface area contributed by atoms with Crippen molar-refractivity contribution in [3.63, 3.8) is 0 Å². The lowest BCUT2D eigenvalue weighted by molar-refractivity contribution is 0.0324. The number of para-hydroxylation sites is 1. The number of aromatic nitrogens is 3. The molecule has 176 valence electrons. The molecule has 0 radical (unpaired) electrons. The minimum absolute atomic E-state index is 0.0281. The van der Waals surface area contributed by atoms with Crippen molar-refractivity contribution in [2.45, 2.75) is 33.5 Å². The van der Waals surface area contributed by atoms with Crippen molar-refractivity contribution in [1.82, 2.24) is 19.0 Å². The summed E-state index contributed by atoms with van der Waals surface area (Å²) in [6, 6.07) is 13.4. The van der Waals surface area contributed by atoms with Gasteiger partial charge in [0, 0.05) is 34.9 Å². The fourth-order valence-electron chi connectivity index (χ4n) is 4.57. The first-order valence-corrected chi connectivity index (χ1v) is 12.4. The van der Waals surface area contributed by atoms with Crippen molar-refractivity contribution < 1.29 is 9.53 Å². The Kier molecular flexibility index (Phi) is 6.45. The third kappa shape index (κ3) is 4.49. The first-order chi connectivity index (χ1) is 16.5. The molecule has 8 heteroatoms. The summed E-state index contributed by atoms with van der Waals surface area (Å²) < 4.78 is 9.18. The van der Waals surface area contributed by atoms with Gasteiger partial charge in [0.05, 0.1) is 43.8 Å². The van der Waals surface area contributed by atoms with Gasteiger partial charge in [0.1, 0.15) is 5.82 Å². The number of carbonyl (C=O) groups is 1. The maximum absolute atomic E-state index is 13.5. The van der Waals surface area contributed by atoms with Gasteiger partial charge in [-0.2, -0.15) is 0 Å². The summed E-state index contributed by atoms with van der Waals surface area (Å²) in [7, 11) is 0. The molecule has 1 saturated heterocycles. The molecular formula is C26H28N4O3S. The fraction of sp³-hybridized carbons (Fsp3) is 0.346. The standard InChI is InChI=1S/C26H28N4O3S/c1-18-14-22(19(2)29(18)15-20-6-5-13-34-20)24(31)16-30-25(17-28-9-11-33-12-10-28)27-23-8-4-3-7-21(23)26(30)32/h3-8,13-14H,9-12,15-17H2,1-2H3. The van der Waals surface area contributed by atoms with Crippen molar-refractivity contribution >= 4 is 28.0 Å². The van der Waals surface area contributed by atoms with Crippen LogP contribution in [0.1, 0.15) is 32.4 Å². The maximum Gasteiger partial charge on any atom is 0.261 e. The Bertz CT molecular complexity index is 1380. The number of morpholine rings is 1.